The lowest BCUT2D eigenvalue weighted by atomic mass is 9.85. The third-order valence-corrected chi connectivity index (χ3v) is 6.42. The quantitative estimate of drug-likeness (QED) is 0.377. The number of rotatable bonds is 8. The molecule has 0 aromatic heterocycles. The van der Waals surface area contributed by atoms with Crippen LogP contribution in [0.1, 0.15) is 25.3 Å². The van der Waals surface area contributed by atoms with Crippen LogP contribution in [-0.2, 0) is 30.5 Å². The predicted octanol–water partition coefficient (Wildman–Crippen LogP) is 2.57. The first-order valence-electron chi connectivity index (χ1n) is 9.45. The molecular formula is C21H25NO5S. The molecule has 3 rings (SSSR count). The number of methoxy groups -OCH3 is 1. The molecule has 2 aliphatic heterocycles. The lowest BCUT2D eigenvalue weighted by Gasteiger charge is -2.44. The van der Waals surface area contributed by atoms with Gasteiger partial charge in [0.05, 0.1) is 13.0 Å². The normalized spacial score (nSPS) is 26.1. The molecule has 2 saturated heterocycles. The van der Waals surface area contributed by atoms with Crippen molar-refractivity contribution in [2.24, 2.45) is 5.92 Å². The molecule has 0 spiro atoms. The van der Waals surface area contributed by atoms with Crippen molar-refractivity contribution in [1.29, 1.82) is 0 Å². The van der Waals surface area contributed by atoms with Gasteiger partial charge in [-0.1, -0.05) is 43.3 Å². The number of esters is 2. The highest BCUT2D eigenvalue weighted by molar-refractivity contribution is 7.99. The van der Waals surface area contributed by atoms with Crippen LogP contribution in [0, 0.1) is 5.92 Å². The summed E-state index contributed by atoms with van der Waals surface area (Å²) in [6, 6.07) is 9.00. The van der Waals surface area contributed by atoms with Gasteiger partial charge in [-0.25, -0.2) is 9.59 Å². The summed E-state index contributed by atoms with van der Waals surface area (Å²) in [5, 5.41) is 0.0387. The van der Waals surface area contributed by atoms with Crippen molar-refractivity contribution < 1.29 is 23.9 Å². The van der Waals surface area contributed by atoms with Crippen molar-refractivity contribution in [2.45, 2.75) is 43.7 Å². The predicted molar refractivity (Wildman–Crippen MR) is 106 cm³/mol. The molecule has 0 radical (unpaired) electrons. The van der Waals surface area contributed by atoms with Gasteiger partial charge in [0.2, 0.25) is 5.91 Å². The van der Waals surface area contributed by atoms with Crippen molar-refractivity contribution in [3.8, 4) is 0 Å². The van der Waals surface area contributed by atoms with Crippen molar-refractivity contribution in [3.05, 3.63) is 48.0 Å². The Morgan fingerprint density at radius 2 is 2.04 bits per heavy atom. The number of ether oxygens (including phenoxy) is 2. The average molecular weight is 404 g/mol. The molecule has 28 heavy (non-hydrogen) atoms. The number of carbonyl (C=O) groups is 3. The van der Waals surface area contributed by atoms with Gasteiger partial charge in [0, 0.05) is 17.4 Å². The number of nitrogens with zero attached hydrogens (tertiary/aromatic N) is 1. The maximum atomic E-state index is 12.8. The second-order valence-corrected chi connectivity index (χ2v) is 8.36. The molecule has 2 aliphatic rings. The molecule has 0 bridgehead atoms. The van der Waals surface area contributed by atoms with E-state index in [-0.39, 0.29) is 35.7 Å². The lowest BCUT2D eigenvalue weighted by Crippen LogP contribution is -2.62. The van der Waals surface area contributed by atoms with Crippen LogP contribution < -0.4 is 0 Å². The first-order valence-corrected chi connectivity index (χ1v) is 10.5. The van der Waals surface area contributed by atoms with Crippen LogP contribution in [-0.4, -0.2) is 52.9 Å². The summed E-state index contributed by atoms with van der Waals surface area (Å²) in [7, 11) is 1.32. The minimum Gasteiger partial charge on any atom is -0.466 e. The van der Waals surface area contributed by atoms with E-state index in [4.69, 9.17) is 4.74 Å². The van der Waals surface area contributed by atoms with E-state index in [0.717, 1.165) is 17.7 Å². The molecular weight excluding hydrogens is 378 g/mol. The molecule has 1 aromatic carbocycles. The number of fused-ring (bicyclic) bond motifs is 1. The minimum absolute atomic E-state index is 0.0214. The largest absolute Gasteiger partial charge is 0.466 e. The van der Waals surface area contributed by atoms with Gasteiger partial charge in [-0.05, 0) is 24.2 Å². The number of amides is 1. The Labute approximate surface area is 169 Å². The van der Waals surface area contributed by atoms with Gasteiger partial charge in [-0.15, -0.1) is 0 Å². The van der Waals surface area contributed by atoms with E-state index >= 15 is 0 Å². The molecule has 0 N–H and O–H groups in total. The molecule has 1 amide bonds. The average Bonchev–Trinajstić information content (AvgIpc) is 3.05. The summed E-state index contributed by atoms with van der Waals surface area (Å²) in [6.07, 6.45) is 4.26. The Bertz CT molecular complexity index is 750. The fourth-order valence-corrected chi connectivity index (χ4v) is 5.07. The number of carbonyl (C=O) groups excluding carboxylic acids is 3. The number of β-lactam (4-membered cyclic amide) rings is 1. The summed E-state index contributed by atoms with van der Waals surface area (Å²) in [5.41, 5.74) is 0.922. The van der Waals surface area contributed by atoms with Crippen LogP contribution in [0.15, 0.2) is 42.5 Å². The molecule has 0 aliphatic carbocycles. The monoisotopic (exact) mass is 403 g/mol. The fraction of sp³-hybridized carbons (Fsp3) is 0.476. The van der Waals surface area contributed by atoms with E-state index in [2.05, 4.69) is 4.74 Å². The number of hydrogen-bond donors (Lipinski definition) is 0. The SMILES string of the molecule is CCS[C@@H]1CC2C(CC=CC(=O)OC)C(=O)N2[C@H]1C(=O)OCc1ccccc1. The maximum absolute atomic E-state index is 12.8. The van der Waals surface area contributed by atoms with Crippen LogP contribution in [0.3, 0.4) is 0 Å². The lowest BCUT2D eigenvalue weighted by molar-refractivity contribution is -0.166. The van der Waals surface area contributed by atoms with Crippen LogP contribution in [0.25, 0.3) is 0 Å². The molecule has 1 aromatic rings. The van der Waals surface area contributed by atoms with Gasteiger partial charge in [0.1, 0.15) is 12.6 Å². The highest BCUT2D eigenvalue weighted by Crippen LogP contribution is 2.45. The Morgan fingerprint density at radius 1 is 1.29 bits per heavy atom. The zero-order chi connectivity index (χ0) is 20.1. The molecule has 2 heterocycles. The van der Waals surface area contributed by atoms with E-state index in [1.54, 1.807) is 22.7 Å². The highest BCUT2D eigenvalue weighted by atomic mass is 32.2. The van der Waals surface area contributed by atoms with E-state index in [1.807, 2.05) is 37.3 Å². The highest BCUT2D eigenvalue weighted by Gasteiger charge is 2.59. The van der Waals surface area contributed by atoms with Gasteiger partial charge in [-0.3, -0.25) is 4.79 Å². The van der Waals surface area contributed by atoms with Crippen LogP contribution in [0.4, 0.5) is 0 Å². The van der Waals surface area contributed by atoms with Gasteiger partial charge < -0.3 is 14.4 Å². The van der Waals surface area contributed by atoms with Crippen LogP contribution in [0.5, 0.6) is 0 Å². The van der Waals surface area contributed by atoms with Gasteiger partial charge in [-0.2, -0.15) is 11.8 Å². The van der Waals surface area contributed by atoms with E-state index in [9.17, 15) is 14.4 Å². The van der Waals surface area contributed by atoms with E-state index in [0.29, 0.717) is 6.42 Å². The first kappa shape index (κ1) is 20.5. The Balaban J connectivity index is 1.64. The van der Waals surface area contributed by atoms with Crippen molar-refractivity contribution in [2.75, 3.05) is 12.9 Å². The van der Waals surface area contributed by atoms with E-state index in [1.165, 1.54) is 13.2 Å². The zero-order valence-corrected chi connectivity index (χ0v) is 16.9. The van der Waals surface area contributed by atoms with Crippen LogP contribution in [0.2, 0.25) is 0 Å². The summed E-state index contributed by atoms with van der Waals surface area (Å²) < 4.78 is 10.1. The molecule has 4 atom stereocenters. The molecule has 150 valence electrons. The second-order valence-electron chi connectivity index (χ2n) is 6.85. The number of allylic oxidation sites excluding steroid dienone is 1. The Kier molecular flexibility index (Phi) is 6.78. The van der Waals surface area contributed by atoms with Crippen LogP contribution >= 0.6 is 11.8 Å². The van der Waals surface area contributed by atoms with E-state index < -0.39 is 12.0 Å². The Morgan fingerprint density at radius 3 is 2.71 bits per heavy atom. The molecule has 2 unspecified atom stereocenters. The number of thioether (sulfide) groups is 1. The Hall–Kier alpha value is -2.28. The van der Waals surface area contributed by atoms with Crippen molar-refractivity contribution in [3.63, 3.8) is 0 Å². The topological polar surface area (TPSA) is 72.9 Å². The minimum atomic E-state index is -0.535. The fourth-order valence-electron chi connectivity index (χ4n) is 3.89. The van der Waals surface area contributed by atoms with Crippen molar-refractivity contribution >= 4 is 29.6 Å². The standard InChI is InChI=1S/C21H25NO5S/c1-3-28-17-12-16-15(10-7-11-18(23)26-2)20(24)22(16)19(17)21(25)27-13-14-8-5-4-6-9-14/h4-9,11,15-17,19H,3,10,12-13H2,1-2H3/t15?,16?,17-,19-/m1/s1. The molecule has 2 fully saturated rings. The molecule has 6 nitrogen and oxygen atoms in total. The number of hydrogen-bond acceptors (Lipinski definition) is 6. The van der Waals surface area contributed by atoms with Gasteiger partial charge in [0.15, 0.2) is 0 Å². The zero-order valence-electron chi connectivity index (χ0n) is 16.1. The summed E-state index contributed by atoms with van der Waals surface area (Å²) in [5.74, 6) is -0.131. The summed E-state index contributed by atoms with van der Waals surface area (Å²) in [6.45, 7) is 2.25. The van der Waals surface area contributed by atoms with Crippen molar-refractivity contribution in [1.82, 2.24) is 4.90 Å². The summed E-state index contributed by atoms with van der Waals surface area (Å²) >= 11 is 1.69. The number of benzene rings is 1. The third-order valence-electron chi connectivity index (χ3n) is 5.21. The second kappa shape index (κ2) is 9.28. The first-order chi connectivity index (χ1) is 13.6. The smallest absolute Gasteiger partial charge is 0.330 e. The van der Waals surface area contributed by atoms with Gasteiger partial charge in [0.25, 0.3) is 0 Å². The maximum Gasteiger partial charge on any atom is 0.330 e. The third kappa shape index (κ3) is 4.24. The van der Waals surface area contributed by atoms with Gasteiger partial charge >= 0.3 is 11.9 Å². The summed E-state index contributed by atoms with van der Waals surface area (Å²) in [4.78, 5) is 38.4. The molecule has 0 saturated carbocycles. The molecule has 7 heteroatoms.